The van der Waals surface area contributed by atoms with Gasteiger partial charge in [-0.05, 0) is 46.9 Å². The lowest BCUT2D eigenvalue weighted by Gasteiger charge is -2.34. The van der Waals surface area contributed by atoms with E-state index in [1.54, 1.807) is 12.1 Å². The summed E-state index contributed by atoms with van der Waals surface area (Å²) in [6.45, 7) is 4.00. The van der Waals surface area contributed by atoms with Crippen LogP contribution in [0.3, 0.4) is 0 Å². The van der Waals surface area contributed by atoms with Gasteiger partial charge in [-0.1, -0.05) is 50.2 Å². The third kappa shape index (κ3) is 5.14. The molecular weight excluding hydrogens is 420 g/mol. The highest BCUT2D eigenvalue weighted by molar-refractivity contribution is 5.96. The summed E-state index contributed by atoms with van der Waals surface area (Å²) in [4.78, 5) is 39.7. The Balaban J connectivity index is 1.42. The molecule has 0 fully saturated rings. The van der Waals surface area contributed by atoms with Crippen molar-refractivity contribution in [1.29, 1.82) is 0 Å². The number of carbonyl (C=O) groups excluding carboxylic acids is 3. The minimum Gasteiger partial charge on any atom is -0.459 e. The molecule has 0 aliphatic carbocycles. The van der Waals surface area contributed by atoms with Crippen molar-refractivity contribution in [2.75, 3.05) is 11.9 Å². The molecule has 0 unspecified atom stereocenters. The number of hydrogen-bond acceptors (Lipinski definition) is 5. The zero-order valence-corrected chi connectivity index (χ0v) is 18.6. The maximum absolute atomic E-state index is 13.0. The molecule has 1 aliphatic rings. The van der Waals surface area contributed by atoms with Crippen molar-refractivity contribution in [3.63, 3.8) is 0 Å². The molecule has 2 aromatic carbocycles. The zero-order chi connectivity index (χ0) is 23.4. The molecule has 0 spiro atoms. The summed E-state index contributed by atoms with van der Waals surface area (Å²) in [5.41, 5.74) is 3.72. The molecule has 1 aromatic heterocycles. The second kappa shape index (κ2) is 9.73. The topological polar surface area (TPSA) is 88.9 Å². The average Bonchev–Trinajstić information content (AvgIpc) is 3.36. The maximum Gasteiger partial charge on any atom is 0.329 e. The number of esters is 1. The summed E-state index contributed by atoms with van der Waals surface area (Å²) in [6, 6.07) is 17.5. The number of nitrogens with one attached hydrogen (secondary N) is 1. The van der Waals surface area contributed by atoms with Crippen LogP contribution in [0.5, 0.6) is 0 Å². The van der Waals surface area contributed by atoms with Crippen LogP contribution in [0.2, 0.25) is 0 Å². The van der Waals surface area contributed by atoms with Crippen LogP contribution in [0.1, 0.15) is 47.0 Å². The molecule has 0 bridgehead atoms. The molecule has 4 rings (SSSR count). The summed E-state index contributed by atoms with van der Waals surface area (Å²) in [7, 11) is 0. The van der Waals surface area contributed by atoms with Crippen LogP contribution in [-0.2, 0) is 27.3 Å². The first-order valence-corrected chi connectivity index (χ1v) is 10.9. The van der Waals surface area contributed by atoms with Gasteiger partial charge >= 0.3 is 5.97 Å². The van der Waals surface area contributed by atoms with Gasteiger partial charge in [0.2, 0.25) is 0 Å². The number of amides is 2. The first-order valence-electron chi connectivity index (χ1n) is 10.9. The quantitative estimate of drug-likeness (QED) is 0.575. The lowest BCUT2D eigenvalue weighted by Crippen LogP contribution is -2.49. The van der Waals surface area contributed by atoms with Gasteiger partial charge in [0.25, 0.3) is 11.8 Å². The van der Waals surface area contributed by atoms with Crippen molar-refractivity contribution < 1.29 is 23.5 Å². The van der Waals surface area contributed by atoms with Gasteiger partial charge in [-0.15, -0.1) is 0 Å². The largest absolute Gasteiger partial charge is 0.459 e. The number of hydrogen-bond donors (Lipinski definition) is 1. The van der Waals surface area contributed by atoms with Gasteiger partial charge in [-0.3, -0.25) is 9.59 Å². The van der Waals surface area contributed by atoms with E-state index in [0.29, 0.717) is 18.0 Å². The van der Waals surface area contributed by atoms with Crippen molar-refractivity contribution in [3.8, 4) is 0 Å². The molecule has 7 nitrogen and oxygen atoms in total. The van der Waals surface area contributed by atoms with Gasteiger partial charge in [0.15, 0.2) is 12.4 Å². The van der Waals surface area contributed by atoms with Crippen molar-refractivity contribution in [2.24, 2.45) is 0 Å². The van der Waals surface area contributed by atoms with E-state index in [4.69, 9.17) is 9.15 Å². The SMILES string of the molecule is CC(C)c1ccc(NC(=O)COC(=O)[C@@H]2Cc3ccccc3CN2C(=O)c2ccco2)cc1. The molecule has 2 heterocycles. The molecule has 1 aliphatic heterocycles. The van der Waals surface area contributed by atoms with E-state index < -0.39 is 30.4 Å². The van der Waals surface area contributed by atoms with Crippen LogP contribution >= 0.6 is 0 Å². The molecule has 2 amide bonds. The highest BCUT2D eigenvalue weighted by atomic mass is 16.5. The Morgan fingerprint density at radius 3 is 2.42 bits per heavy atom. The average molecular weight is 447 g/mol. The summed E-state index contributed by atoms with van der Waals surface area (Å²) in [6.07, 6.45) is 1.72. The predicted molar refractivity (Wildman–Crippen MR) is 123 cm³/mol. The Morgan fingerprint density at radius 2 is 1.76 bits per heavy atom. The standard InChI is InChI=1S/C26H26N2O5/c1-17(2)18-9-11-21(12-10-18)27-24(29)16-33-26(31)22-14-19-6-3-4-7-20(19)15-28(22)25(30)23-8-5-13-32-23/h3-13,17,22H,14-16H2,1-2H3,(H,27,29)/t22-/m0/s1. The van der Waals surface area contributed by atoms with Gasteiger partial charge in [-0.25, -0.2) is 4.79 Å². The molecule has 1 atom stereocenters. The first-order chi connectivity index (χ1) is 15.9. The number of ether oxygens (including phenoxy) is 1. The van der Waals surface area contributed by atoms with E-state index >= 15 is 0 Å². The van der Waals surface area contributed by atoms with E-state index in [1.165, 1.54) is 16.7 Å². The molecule has 33 heavy (non-hydrogen) atoms. The van der Waals surface area contributed by atoms with Crippen molar-refractivity contribution >= 4 is 23.5 Å². The molecule has 0 saturated heterocycles. The van der Waals surface area contributed by atoms with Crippen LogP contribution in [0.25, 0.3) is 0 Å². The van der Waals surface area contributed by atoms with Crippen molar-refractivity contribution in [1.82, 2.24) is 4.90 Å². The number of carbonyl (C=O) groups is 3. The normalized spacial score (nSPS) is 15.1. The van der Waals surface area contributed by atoms with Crippen LogP contribution in [0.15, 0.2) is 71.3 Å². The second-order valence-corrected chi connectivity index (χ2v) is 8.33. The minimum atomic E-state index is -0.851. The monoisotopic (exact) mass is 446 g/mol. The van der Waals surface area contributed by atoms with Crippen molar-refractivity contribution in [2.45, 2.75) is 38.8 Å². The van der Waals surface area contributed by atoms with Gasteiger partial charge < -0.3 is 19.4 Å². The Bertz CT molecular complexity index is 1140. The highest BCUT2D eigenvalue weighted by Crippen LogP contribution is 2.26. The summed E-state index contributed by atoms with van der Waals surface area (Å²) in [5, 5.41) is 2.73. The van der Waals surface area contributed by atoms with Crippen molar-refractivity contribution in [3.05, 3.63) is 89.4 Å². The highest BCUT2D eigenvalue weighted by Gasteiger charge is 2.37. The lowest BCUT2D eigenvalue weighted by molar-refractivity contribution is -0.152. The summed E-state index contributed by atoms with van der Waals surface area (Å²) in [5.74, 6) is -0.931. The molecule has 3 aromatic rings. The van der Waals surface area contributed by atoms with Gasteiger partial charge in [0.05, 0.1) is 6.26 Å². The molecule has 1 N–H and O–H groups in total. The van der Waals surface area contributed by atoms with E-state index in [-0.39, 0.29) is 12.3 Å². The Morgan fingerprint density at radius 1 is 1.03 bits per heavy atom. The second-order valence-electron chi connectivity index (χ2n) is 8.33. The Kier molecular flexibility index (Phi) is 6.58. The third-order valence-corrected chi connectivity index (χ3v) is 5.72. The molecule has 0 saturated carbocycles. The van der Waals surface area contributed by atoms with E-state index in [9.17, 15) is 14.4 Å². The third-order valence-electron chi connectivity index (χ3n) is 5.72. The van der Waals surface area contributed by atoms with Gasteiger partial charge in [0.1, 0.15) is 6.04 Å². The summed E-state index contributed by atoms with van der Waals surface area (Å²) >= 11 is 0. The Labute approximate surface area is 192 Å². The van der Waals surface area contributed by atoms with Crippen LogP contribution in [0, 0.1) is 0 Å². The maximum atomic E-state index is 13.0. The number of benzene rings is 2. The smallest absolute Gasteiger partial charge is 0.329 e. The fourth-order valence-corrected chi connectivity index (χ4v) is 3.87. The van der Waals surface area contributed by atoms with E-state index in [2.05, 4.69) is 19.2 Å². The molecule has 0 radical (unpaired) electrons. The number of rotatable bonds is 6. The van der Waals surface area contributed by atoms with Crippen LogP contribution < -0.4 is 5.32 Å². The van der Waals surface area contributed by atoms with Crippen LogP contribution in [0.4, 0.5) is 5.69 Å². The first kappa shape index (κ1) is 22.3. The van der Waals surface area contributed by atoms with Gasteiger partial charge in [0, 0.05) is 18.7 Å². The molecular formula is C26H26N2O5. The lowest BCUT2D eigenvalue weighted by atomic mass is 9.93. The fraction of sp³-hybridized carbons (Fsp3) is 0.269. The number of anilines is 1. The fourth-order valence-electron chi connectivity index (χ4n) is 3.87. The van der Waals surface area contributed by atoms with E-state index in [1.807, 2.05) is 48.5 Å². The molecule has 7 heteroatoms. The van der Waals surface area contributed by atoms with E-state index in [0.717, 1.165) is 11.1 Å². The number of fused-ring (bicyclic) bond motifs is 1. The Hall–Kier alpha value is -3.87. The number of furan rings is 1. The predicted octanol–water partition coefficient (Wildman–Crippen LogP) is 4.15. The minimum absolute atomic E-state index is 0.148. The summed E-state index contributed by atoms with van der Waals surface area (Å²) < 4.78 is 10.6. The van der Waals surface area contributed by atoms with Gasteiger partial charge in [-0.2, -0.15) is 0 Å². The van der Waals surface area contributed by atoms with Crippen LogP contribution in [-0.4, -0.2) is 35.3 Å². The molecule has 170 valence electrons. The zero-order valence-electron chi connectivity index (χ0n) is 18.6. The number of nitrogens with zero attached hydrogens (tertiary/aromatic N) is 1.